The number of nitrogen functional groups attached to an aromatic ring is 2. The Morgan fingerprint density at radius 3 is 2.52 bits per heavy atom. The predicted octanol–water partition coefficient (Wildman–Crippen LogP) is 3.01. The van der Waals surface area contributed by atoms with Gasteiger partial charge in [-0.3, -0.25) is 0 Å². The molecule has 1 aromatic carbocycles. The van der Waals surface area contributed by atoms with Crippen LogP contribution in [0.4, 0.5) is 24.9 Å². The first-order valence-electron chi connectivity index (χ1n) is 7.78. The van der Waals surface area contributed by atoms with Crippen LogP contribution in [0.25, 0.3) is 16.8 Å². The molecule has 2 heterocycles. The van der Waals surface area contributed by atoms with E-state index in [1.165, 1.54) is 5.57 Å². The molecule has 1 aromatic heterocycles. The fourth-order valence-electron chi connectivity index (χ4n) is 3.02. The Kier molecular flexibility index (Phi) is 4.38. The van der Waals surface area contributed by atoms with Crippen LogP contribution in [0.3, 0.4) is 0 Å². The van der Waals surface area contributed by atoms with Gasteiger partial charge in [-0.2, -0.15) is 18.2 Å². The summed E-state index contributed by atoms with van der Waals surface area (Å²) in [6, 6.07) is 5.10. The molecule has 5 nitrogen and oxygen atoms in total. The van der Waals surface area contributed by atoms with Crippen molar-refractivity contribution in [2.24, 2.45) is 0 Å². The van der Waals surface area contributed by atoms with Crippen molar-refractivity contribution in [1.29, 1.82) is 0 Å². The Labute approximate surface area is 143 Å². The molecular formula is C17H18F3N5. The molecular weight excluding hydrogens is 331 g/mol. The van der Waals surface area contributed by atoms with E-state index >= 15 is 0 Å². The highest BCUT2D eigenvalue weighted by Crippen LogP contribution is 2.40. The third-order valence-electron chi connectivity index (χ3n) is 4.15. The van der Waals surface area contributed by atoms with Crippen LogP contribution >= 0.6 is 0 Å². The zero-order chi connectivity index (χ0) is 18.2. The Morgan fingerprint density at radius 2 is 1.92 bits per heavy atom. The van der Waals surface area contributed by atoms with Crippen molar-refractivity contribution in [3.63, 3.8) is 0 Å². The molecule has 2 aromatic rings. The Morgan fingerprint density at radius 1 is 1.16 bits per heavy atom. The number of hydrogen-bond acceptors (Lipinski definition) is 5. The van der Waals surface area contributed by atoms with E-state index < -0.39 is 17.6 Å². The van der Waals surface area contributed by atoms with Gasteiger partial charge < -0.3 is 16.8 Å². The maximum atomic E-state index is 13.4. The van der Waals surface area contributed by atoms with Gasteiger partial charge in [0.2, 0.25) is 5.95 Å². The summed E-state index contributed by atoms with van der Waals surface area (Å²) in [5.41, 5.74) is 13.0. The van der Waals surface area contributed by atoms with E-state index in [2.05, 4.69) is 21.4 Å². The van der Waals surface area contributed by atoms with E-state index in [9.17, 15) is 13.2 Å². The van der Waals surface area contributed by atoms with E-state index in [4.69, 9.17) is 11.5 Å². The lowest BCUT2D eigenvalue weighted by Crippen LogP contribution is -2.20. The molecule has 0 bridgehead atoms. The van der Waals surface area contributed by atoms with E-state index in [1.54, 1.807) is 12.1 Å². The molecule has 0 atom stereocenters. The molecule has 25 heavy (non-hydrogen) atoms. The number of aromatic nitrogens is 2. The summed E-state index contributed by atoms with van der Waals surface area (Å²) in [6.45, 7) is 3.53. The van der Waals surface area contributed by atoms with Gasteiger partial charge in [-0.05, 0) is 42.7 Å². The number of aryl methyl sites for hydroxylation is 1. The van der Waals surface area contributed by atoms with Gasteiger partial charge in [-0.1, -0.05) is 18.2 Å². The Hall–Kier alpha value is -2.61. The highest BCUT2D eigenvalue weighted by Gasteiger charge is 2.38. The molecule has 0 amide bonds. The first kappa shape index (κ1) is 17.2. The average molecular weight is 349 g/mol. The third kappa shape index (κ3) is 3.43. The summed E-state index contributed by atoms with van der Waals surface area (Å²) in [4.78, 5) is 7.24. The fraction of sp³-hybridized carbons (Fsp3) is 0.294. The number of nitrogens with two attached hydrogens (primary N) is 2. The molecule has 132 valence electrons. The number of nitrogens with one attached hydrogen (secondary N) is 1. The van der Waals surface area contributed by atoms with Gasteiger partial charge in [-0.25, -0.2) is 4.98 Å². The molecule has 3 rings (SSSR count). The summed E-state index contributed by atoms with van der Waals surface area (Å²) in [5, 5.41) is 3.23. The highest BCUT2D eigenvalue weighted by atomic mass is 19.4. The topological polar surface area (TPSA) is 89.8 Å². The standard InChI is InChI=1S/C17H18F3N5/c1-9-8-11(2-3-12(9)10-4-6-23-7-5-10)14-13(17(18,19)20)15(21)25-16(22)24-14/h2-4,8,23H,5-7H2,1H3,(H4,21,22,24,25). The van der Waals surface area contributed by atoms with Gasteiger partial charge in [-0.15, -0.1) is 0 Å². The van der Waals surface area contributed by atoms with Gasteiger partial charge >= 0.3 is 6.18 Å². The Balaban J connectivity index is 2.12. The first-order chi connectivity index (χ1) is 11.8. The quantitative estimate of drug-likeness (QED) is 0.775. The Bertz CT molecular complexity index is 843. The molecule has 0 fully saturated rings. The lowest BCUT2D eigenvalue weighted by atomic mass is 9.93. The van der Waals surface area contributed by atoms with Crippen molar-refractivity contribution in [2.45, 2.75) is 19.5 Å². The van der Waals surface area contributed by atoms with Crippen LogP contribution < -0.4 is 16.8 Å². The normalized spacial score (nSPS) is 15.1. The molecule has 0 spiro atoms. The van der Waals surface area contributed by atoms with Crippen molar-refractivity contribution in [3.8, 4) is 11.3 Å². The van der Waals surface area contributed by atoms with Crippen LogP contribution in [0.1, 0.15) is 23.1 Å². The number of halogens is 3. The van der Waals surface area contributed by atoms with Gasteiger partial charge in [0.05, 0.1) is 5.69 Å². The van der Waals surface area contributed by atoms with Crippen LogP contribution in [0.15, 0.2) is 24.3 Å². The maximum Gasteiger partial charge on any atom is 0.422 e. The molecule has 8 heteroatoms. The molecule has 0 unspecified atom stereocenters. The monoisotopic (exact) mass is 349 g/mol. The zero-order valence-electron chi connectivity index (χ0n) is 13.6. The molecule has 1 aliphatic heterocycles. The van der Waals surface area contributed by atoms with Gasteiger partial charge in [0.15, 0.2) is 0 Å². The summed E-state index contributed by atoms with van der Waals surface area (Å²) in [7, 11) is 0. The molecule has 0 radical (unpaired) electrons. The number of rotatable bonds is 2. The number of nitrogens with zero attached hydrogens (tertiary/aromatic N) is 2. The smallest absolute Gasteiger partial charge is 0.383 e. The largest absolute Gasteiger partial charge is 0.422 e. The van der Waals surface area contributed by atoms with Crippen LogP contribution in [0.5, 0.6) is 0 Å². The van der Waals surface area contributed by atoms with Crippen LogP contribution in [-0.2, 0) is 6.18 Å². The third-order valence-corrected chi connectivity index (χ3v) is 4.15. The molecule has 0 saturated carbocycles. The minimum atomic E-state index is -4.67. The van der Waals surface area contributed by atoms with Crippen molar-refractivity contribution in [1.82, 2.24) is 15.3 Å². The van der Waals surface area contributed by atoms with Gasteiger partial charge in [0.25, 0.3) is 0 Å². The van der Waals surface area contributed by atoms with Crippen LogP contribution in [-0.4, -0.2) is 23.1 Å². The zero-order valence-corrected chi connectivity index (χ0v) is 13.6. The second-order valence-corrected chi connectivity index (χ2v) is 5.90. The van der Waals surface area contributed by atoms with E-state index in [1.807, 2.05) is 13.0 Å². The second-order valence-electron chi connectivity index (χ2n) is 5.90. The molecule has 0 saturated heterocycles. The summed E-state index contributed by atoms with van der Waals surface area (Å²) in [5.74, 6) is -0.957. The van der Waals surface area contributed by atoms with E-state index in [0.717, 1.165) is 30.6 Å². The second kappa shape index (κ2) is 6.36. The summed E-state index contributed by atoms with van der Waals surface area (Å²) < 4.78 is 40.1. The number of anilines is 2. The minimum Gasteiger partial charge on any atom is -0.383 e. The van der Waals surface area contributed by atoms with Crippen molar-refractivity contribution >= 4 is 17.3 Å². The first-order valence-corrected chi connectivity index (χ1v) is 7.78. The van der Waals surface area contributed by atoms with Crippen molar-refractivity contribution in [2.75, 3.05) is 24.6 Å². The van der Waals surface area contributed by atoms with Crippen molar-refractivity contribution < 1.29 is 13.2 Å². The summed E-state index contributed by atoms with van der Waals surface area (Å²) in [6.07, 6.45) is -1.70. The van der Waals surface area contributed by atoms with Crippen LogP contribution in [0, 0.1) is 6.92 Å². The highest BCUT2D eigenvalue weighted by molar-refractivity contribution is 5.75. The minimum absolute atomic E-state index is 0.289. The number of benzene rings is 1. The van der Waals surface area contributed by atoms with Gasteiger partial charge in [0.1, 0.15) is 11.4 Å². The lowest BCUT2D eigenvalue weighted by molar-refractivity contribution is -0.136. The van der Waals surface area contributed by atoms with Gasteiger partial charge in [0, 0.05) is 12.1 Å². The summed E-state index contributed by atoms with van der Waals surface area (Å²) >= 11 is 0. The van der Waals surface area contributed by atoms with E-state index in [0.29, 0.717) is 5.56 Å². The molecule has 0 aliphatic carbocycles. The number of hydrogen-bond donors (Lipinski definition) is 3. The fourth-order valence-corrected chi connectivity index (χ4v) is 3.02. The lowest BCUT2D eigenvalue weighted by Gasteiger charge is -2.18. The number of alkyl halides is 3. The van der Waals surface area contributed by atoms with Crippen molar-refractivity contribution in [3.05, 3.63) is 41.0 Å². The molecule has 5 N–H and O–H groups in total. The maximum absolute atomic E-state index is 13.4. The van der Waals surface area contributed by atoms with Crippen LogP contribution in [0.2, 0.25) is 0 Å². The average Bonchev–Trinajstić information content (AvgIpc) is 2.53. The SMILES string of the molecule is Cc1cc(-c2nc(N)nc(N)c2C(F)(F)F)ccc1C1=CCNCC1. The predicted molar refractivity (Wildman–Crippen MR) is 91.5 cm³/mol. The molecule has 1 aliphatic rings. The van der Waals surface area contributed by atoms with E-state index in [-0.39, 0.29) is 11.6 Å².